The Bertz CT molecular complexity index is 830. The fraction of sp³-hybridized carbons (Fsp3) is 0.444. The van der Waals surface area contributed by atoms with Crippen LogP contribution in [0.15, 0.2) is 18.2 Å². The molecule has 4 amide bonds. The molecule has 150 valence electrons. The Hall–Kier alpha value is -2.81. The van der Waals surface area contributed by atoms with Crippen LogP contribution in [0.3, 0.4) is 0 Å². The van der Waals surface area contributed by atoms with Crippen molar-refractivity contribution >= 4 is 41.1 Å². The summed E-state index contributed by atoms with van der Waals surface area (Å²) in [6.45, 7) is 2.07. The van der Waals surface area contributed by atoms with Crippen LogP contribution < -0.4 is 15.0 Å². The molecule has 2 aliphatic heterocycles. The zero-order valence-electron chi connectivity index (χ0n) is 15.4. The van der Waals surface area contributed by atoms with E-state index in [0.29, 0.717) is 23.0 Å². The number of rotatable bonds is 5. The van der Waals surface area contributed by atoms with E-state index in [2.05, 4.69) is 5.32 Å². The lowest BCUT2D eigenvalue weighted by Gasteiger charge is -2.21. The zero-order valence-corrected chi connectivity index (χ0v) is 16.2. The first-order chi connectivity index (χ1) is 13.3. The molecular formula is C18H20ClN3O6. The first-order valence-electron chi connectivity index (χ1n) is 8.75. The molecule has 10 heteroatoms. The van der Waals surface area contributed by atoms with Gasteiger partial charge < -0.3 is 19.7 Å². The molecule has 1 aromatic rings. The molecule has 1 N–H and O–H groups in total. The highest BCUT2D eigenvalue weighted by Crippen LogP contribution is 2.35. The summed E-state index contributed by atoms with van der Waals surface area (Å²) in [7, 11) is 1.47. The van der Waals surface area contributed by atoms with Crippen molar-refractivity contribution in [1.82, 2.24) is 10.2 Å². The quantitative estimate of drug-likeness (QED) is 0.732. The number of methoxy groups -OCH3 is 1. The monoisotopic (exact) mass is 409 g/mol. The molecule has 0 radical (unpaired) electrons. The first kappa shape index (κ1) is 19.9. The van der Waals surface area contributed by atoms with Crippen LogP contribution in [0.1, 0.15) is 13.3 Å². The summed E-state index contributed by atoms with van der Waals surface area (Å²) in [4.78, 5) is 51.1. The van der Waals surface area contributed by atoms with Crippen molar-refractivity contribution < 1.29 is 28.7 Å². The molecule has 3 rings (SSSR count). The van der Waals surface area contributed by atoms with Crippen molar-refractivity contribution in [2.45, 2.75) is 19.4 Å². The Balaban J connectivity index is 1.66. The number of halogens is 1. The maximum Gasteiger partial charge on any atom is 0.324 e. The fourth-order valence-electron chi connectivity index (χ4n) is 3.19. The van der Waals surface area contributed by atoms with Crippen molar-refractivity contribution in [3.8, 4) is 5.75 Å². The van der Waals surface area contributed by atoms with Crippen LogP contribution >= 0.6 is 11.6 Å². The Kier molecular flexibility index (Phi) is 5.73. The van der Waals surface area contributed by atoms with Gasteiger partial charge in [-0.15, -0.1) is 0 Å². The van der Waals surface area contributed by atoms with Crippen LogP contribution in [-0.2, 0) is 19.1 Å². The lowest BCUT2D eigenvalue weighted by Crippen LogP contribution is -2.42. The highest BCUT2D eigenvalue weighted by Gasteiger charge is 2.39. The average Bonchev–Trinajstić information content (AvgIpc) is 3.26. The number of amides is 4. The third-order valence-electron chi connectivity index (χ3n) is 4.65. The van der Waals surface area contributed by atoms with E-state index in [1.807, 2.05) is 0 Å². The number of nitrogens with zero attached hydrogens (tertiary/aromatic N) is 2. The summed E-state index contributed by atoms with van der Waals surface area (Å²) >= 11 is 6.02. The van der Waals surface area contributed by atoms with Gasteiger partial charge in [-0.2, -0.15) is 0 Å². The summed E-state index contributed by atoms with van der Waals surface area (Å²) in [6.07, 6.45) is -1.18. The SMILES string of the molecule is COc1ccc(Cl)cc1N1C[C@@H](C(=O)O[C@@H](C)C(=O)N2CCNC2=O)CC1=O. The van der Waals surface area contributed by atoms with Crippen molar-refractivity contribution in [2.75, 3.05) is 31.6 Å². The van der Waals surface area contributed by atoms with Gasteiger partial charge in [0.25, 0.3) is 5.91 Å². The molecule has 2 atom stereocenters. The number of carbonyl (C=O) groups excluding carboxylic acids is 4. The summed E-state index contributed by atoms with van der Waals surface area (Å²) in [5.41, 5.74) is 0.466. The highest BCUT2D eigenvalue weighted by molar-refractivity contribution is 6.31. The highest BCUT2D eigenvalue weighted by atomic mass is 35.5. The van der Waals surface area contributed by atoms with Crippen LogP contribution in [-0.4, -0.2) is 61.6 Å². The van der Waals surface area contributed by atoms with Crippen LogP contribution in [0.2, 0.25) is 5.02 Å². The van der Waals surface area contributed by atoms with Gasteiger partial charge in [0.2, 0.25) is 5.91 Å². The number of hydrogen-bond acceptors (Lipinski definition) is 6. The lowest BCUT2D eigenvalue weighted by molar-refractivity contribution is -0.160. The topological polar surface area (TPSA) is 105 Å². The molecular weight excluding hydrogens is 390 g/mol. The van der Waals surface area contributed by atoms with Gasteiger partial charge in [0.1, 0.15) is 5.75 Å². The molecule has 0 unspecified atom stereocenters. The second-order valence-corrected chi connectivity index (χ2v) is 6.96. The van der Waals surface area contributed by atoms with Crippen LogP contribution in [0, 0.1) is 5.92 Å². The molecule has 0 bridgehead atoms. The third kappa shape index (κ3) is 3.89. The van der Waals surface area contributed by atoms with Gasteiger partial charge in [-0.3, -0.25) is 19.3 Å². The number of ether oxygens (including phenoxy) is 2. The molecule has 2 saturated heterocycles. The second-order valence-electron chi connectivity index (χ2n) is 6.52. The molecule has 0 spiro atoms. The number of urea groups is 1. The standard InChI is InChI=1S/C18H20ClN3O6/c1-10(16(24)21-6-5-20-18(21)26)28-17(25)11-7-15(23)22(9-11)13-8-12(19)3-4-14(13)27-2/h3-4,8,10-11H,5-7,9H2,1-2H3,(H,20,26)/t10-,11-/m0/s1. The summed E-state index contributed by atoms with van der Waals surface area (Å²) in [5.74, 6) is -1.83. The Morgan fingerprint density at radius 3 is 2.71 bits per heavy atom. The normalized spacial score (nSPS) is 20.2. The lowest BCUT2D eigenvalue weighted by atomic mass is 10.1. The third-order valence-corrected chi connectivity index (χ3v) is 4.89. The van der Waals surface area contributed by atoms with E-state index in [1.54, 1.807) is 18.2 Å². The maximum atomic E-state index is 12.5. The van der Waals surface area contributed by atoms with Crippen molar-refractivity contribution in [1.29, 1.82) is 0 Å². The summed E-state index contributed by atoms with van der Waals surface area (Å²) < 4.78 is 10.5. The Labute approximate surface area is 166 Å². The molecule has 0 aromatic heterocycles. The molecule has 28 heavy (non-hydrogen) atoms. The van der Waals surface area contributed by atoms with E-state index in [0.717, 1.165) is 4.90 Å². The minimum atomic E-state index is -1.12. The molecule has 1 aromatic carbocycles. The van der Waals surface area contributed by atoms with E-state index < -0.39 is 29.9 Å². The number of esters is 1. The zero-order chi connectivity index (χ0) is 20.4. The van der Waals surface area contributed by atoms with Crippen LogP contribution in [0.25, 0.3) is 0 Å². The second kappa shape index (κ2) is 8.05. The summed E-state index contributed by atoms with van der Waals surface area (Å²) in [5, 5.41) is 2.94. The smallest absolute Gasteiger partial charge is 0.324 e. The predicted octanol–water partition coefficient (Wildman–Crippen LogP) is 1.18. The van der Waals surface area contributed by atoms with Crippen LogP contribution in [0.4, 0.5) is 10.5 Å². The van der Waals surface area contributed by atoms with Gasteiger partial charge >= 0.3 is 12.0 Å². The maximum absolute atomic E-state index is 12.5. The van der Waals surface area contributed by atoms with E-state index in [4.69, 9.17) is 21.1 Å². The van der Waals surface area contributed by atoms with Gasteiger partial charge in [-0.05, 0) is 25.1 Å². The van der Waals surface area contributed by atoms with Gasteiger partial charge in [0.15, 0.2) is 6.10 Å². The van der Waals surface area contributed by atoms with E-state index in [-0.39, 0.29) is 25.4 Å². The summed E-state index contributed by atoms with van der Waals surface area (Å²) in [6, 6.07) is 4.35. The minimum Gasteiger partial charge on any atom is -0.495 e. The molecule has 2 heterocycles. The fourth-order valence-corrected chi connectivity index (χ4v) is 3.36. The molecule has 9 nitrogen and oxygen atoms in total. The first-order valence-corrected chi connectivity index (χ1v) is 9.13. The predicted molar refractivity (Wildman–Crippen MR) is 99.1 cm³/mol. The van der Waals surface area contributed by atoms with E-state index in [1.165, 1.54) is 18.9 Å². The largest absolute Gasteiger partial charge is 0.495 e. The number of carbonyl (C=O) groups is 4. The number of anilines is 1. The molecule has 2 aliphatic rings. The Morgan fingerprint density at radius 2 is 2.07 bits per heavy atom. The molecule has 2 fully saturated rings. The van der Waals surface area contributed by atoms with Gasteiger partial charge in [0, 0.05) is 31.1 Å². The molecule has 0 aliphatic carbocycles. The Morgan fingerprint density at radius 1 is 1.32 bits per heavy atom. The van der Waals surface area contributed by atoms with Gasteiger partial charge in [-0.1, -0.05) is 11.6 Å². The number of hydrogen-bond donors (Lipinski definition) is 1. The van der Waals surface area contributed by atoms with Crippen molar-refractivity contribution in [3.05, 3.63) is 23.2 Å². The molecule has 0 saturated carbocycles. The van der Waals surface area contributed by atoms with Crippen LogP contribution in [0.5, 0.6) is 5.75 Å². The van der Waals surface area contributed by atoms with Gasteiger partial charge in [-0.25, -0.2) is 4.79 Å². The number of nitrogens with one attached hydrogen (secondary N) is 1. The number of imide groups is 1. The van der Waals surface area contributed by atoms with Crippen molar-refractivity contribution in [2.24, 2.45) is 5.92 Å². The average molecular weight is 410 g/mol. The minimum absolute atomic E-state index is 0.0559. The van der Waals surface area contributed by atoms with Gasteiger partial charge in [0.05, 0.1) is 18.7 Å². The van der Waals surface area contributed by atoms with E-state index >= 15 is 0 Å². The van der Waals surface area contributed by atoms with E-state index in [9.17, 15) is 19.2 Å². The number of benzene rings is 1. The van der Waals surface area contributed by atoms with Crippen molar-refractivity contribution in [3.63, 3.8) is 0 Å².